The van der Waals surface area contributed by atoms with Crippen molar-refractivity contribution in [3.8, 4) is 0 Å². The molecule has 1 rings (SSSR count). The van der Waals surface area contributed by atoms with Crippen LogP contribution in [0.2, 0.25) is 0 Å². The van der Waals surface area contributed by atoms with Crippen molar-refractivity contribution >= 4 is 11.9 Å². The standard InChI is InChI=1S/C10H15FO7/c1-4-6(11)7(12)5(18-4)3-17-10(2,8(13)14)9(15)16/h4-7,12H,3H2,1-2H3,(H,13,14)(H,15,16)/t4-,5+,6+,7+/m0/s1. The maximum absolute atomic E-state index is 13.2. The Labute approximate surface area is 102 Å². The van der Waals surface area contributed by atoms with Crippen molar-refractivity contribution in [1.82, 2.24) is 0 Å². The van der Waals surface area contributed by atoms with Crippen LogP contribution >= 0.6 is 0 Å². The molecule has 0 spiro atoms. The van der Waals surface area contributed by atoms with Crippen LogP contribution in [0.4, 0.5) is 4.39 Å². The Balaban J connectivity index is 2.65. The highest BCUT2D eigenvalue weighted by Gasteiger charge is 2.47. The number of hydrogen-bond acceptors (Lipinski definition) is 5. The number of carbonyl (C=O) groups is 2. The summed E-state index contributed by atoms with van der Waals surface area (Å²) in [7, 11) is 0. The van der Waals surface area contributed by atoms with Gasteiger partial charge in [0.1, 0.15) is 12.2 Å². The molecule has 0 amide bonds. The maximum atomic E-state index is 13.2. The van der Waals surface area contributed by atoms with E-state index in [0.717, 1.165) is 6.92 Å². The third kappa shape index (κ3) is 2.60. The van der Waals surface area contributed by atoms with Crippen molar-refractivity contribution in [2.45, 2.75) is 43.9 Å². The number of aliphatic carboxylic acids is 2. The van der Waals surface area contributed by atoms with Gasteiger partial charge in [0, 0.05) is 0 Å². The highest BCUT2D eigenvalue weighted by molar-refractivity contribution is 6.01. The summed E-state index contributed by atoms with van der Waals surface area (Å²) in [6.07, 6.45) is -5.02. The third-order valence-electron chi connectivity index (χ3n) is 2.90. The molecule has 0 saturated carbocycles. The second-order valence-electron chi connectivity index (χ2n) is 4.27. The van der Waals surface area contributed by atoms with Crippen LogP contribution < -0.4 is 0 Å². The molecule has 0 radical (unpaired) electrons. The Morgan fingerprint density at radius 1 is 1.39 bits per heavy atom. The minimum Gasteiger partial charge on any atom is -0.479 e. The molecule has 1 aliphatic rings. The number of ether oxygens (including phenoxy) is 2. The Morgan fingerprint density at radius 2 is 1.89 bits per heavy atom. The summed E-state index contributed by atoms with van der Waals surface area (Å²) < 4.78 is 23.0. The van der Waals surface area contributed by atoms with Gasteiger partial charge in [0.25, 0.3) is 5.60 Å². The lowest BCUT2D eigenvalue weighted by Crippen LogP contribution is -2.48. The lowest BCUT2D eigenvalue weighted by atomic mass is 10.1. The van der Waals surface area contributed by atoms with E-state index in [9.17, 15) is 19.1 Å². The van der Waals surface area contributed by atoms with Crippen molar-refractivity contribution in [1.29, 1.82) is 0 Å². The van der Waals surface area contributed by atoms with Gasteiger partial charge in [0.2, 0.25) is 0 Å². The lowest BCUT2D eigenvalue weighted by molar-refractivity contribution is -0.186. The second kappa shape index (κ2) is 5.17. The van der Waals surface area contributed by atoms with E-state index in [1.807, 2.05) is 0 Å². The minimum absolute atomic E-state index is 0.527. The summed E-state index contributed by atoms with van der Waals surface area (Å²) in [5.41, 5.74) is -2.46. The van der Waals surface area contributed by atoms with Crippen LogP contribution in [0.1, 0.15) is 13.8 Å². The fraction of sp³-hybridized carbons (Fsp3) is 0.800. The Kier molecular flexibility index (Phi) is 4.25. The molecule has 0 aliphatic carbocycles. The van der Waals surface area contributed by atoms with Crippen molar-refractivity contribution in [3.63, 3.8) is 0 Å². The van der Waals surface area contributed by atoms with Crippen molar-refractivity contribution in [3.05, 3.63) is 0 Å². The molecular weight excluding hydrogens is 251 g/mol. The molecule has 18 heavy (non-hydrogen) atoms. The number of carboxylic acid groups (broad SMARTS) is 2. The monoisotopic (exact) mass is 266 g/mol. The van der Waals surface area contributed by atoms with Crippen LogP contribution in [0.15, 0.2) is 0 Å². The molecule has 1 fully saturated rings. The SMILES string of the molecule is C[C@@H]1O[C@H](COC(C)(C(=O)O)C(=O)O)[C@@H](O)[C@@H]1F. The highest BCUT2D eigenvalue weighted by atomic mass is 19.1. The number of halogens is 1. The molecule has 3 N–H and O–H groups in total. The molecule has 104 valence electrons. The molecule has 0 unspecified atom stereocenters. The third-order valence-corrected chi connectivity index (χ3v) is 2.90. The van der Waals surface area contributed by atoms with E-state index >= 15 is 0 Å². The summed E-state index contributed by atoms with van der Waals surface area (Å²) in [5, 5.41) is 27.0. The van der Waals surface area contributed by atoms with Crippen LogP contribution in [0.25, 0.3) is 0 Å². The summed E-state index contributed by atoms with van der Waals surface area (Å²) in [4.78, 5) is 21.6. The van der Waals surface area contributed by atoms with Gasteiger partial charge >= 0.3 is 11.9 Å². The van der Waals surface area contributed by atoms with E-state index < -0.39 is 48.6 Å². The summed E-state index contributed by atoms with van der Waals surface area (Å²) in [6, 6.07) is 0. The number of rotatable bonds is 5. The normalized spacial score (nSPS) is 32.4. The van der Waals surface area contributed by atoms with Gasteiger partial charge < -0.3 is 24.8 Å². The molecule has 7 nitrogen and oxygen atoms in total. The number of aliphatic hydroxyl groups excluding tert-OH is 1. The summed E-state index contributed by atoms with van der Waals surface area (Å²) in [5.74, 6) is -3.38. The van der Waals surface area contributed by atoms with E-state index in [1.54, 1.807) is 0 Å². The van der Waals surface area contributed by atoms with E-state index in [0.29, 0.717) is 0 Å². The topological polar surface area (TPSA) is 113 Å². The largest absolute Gasteiger partial charge is 0.479 e. The fourth-order valence-corrected chi connectivity index (χ4v) is 1.52. The maximum Gasteiger partial charge on any atom is 0.347 e. The second-order valence-corrected chi connectivity index (χ2v) is 4.27. The zero-order chi connectivity index (χ0) is 14.1. The zero-order valence-electron chi connectivity index (χ0n) is 9.87. The predicted octanol–water partition coefficient (Wildman–Crippen LogP) is -0.583. The molecule has 0 aromatic carbocycles. The van der Waals surface area contributed by atoms with Gasteiger partial charge in [-0.05, 0) is 13.8 Å². The smallest absolute Gasteiger partial charge is 0.347 e. The van der Waals surface area contributed by atoms with Crippen LogP contribution in [0, 0.1) is 0 Å². The molecular formula is C10H15FO7. The molecule has 4 atom stereocenters. The van der Waals surface area contributed by atoms with Gasteiger partial charge in [0.05, 0.1) is 12.7 Å². The first-order chi connectivity index (χ1) is 8.20. The van der Waals surface area contributed by atoms with E-state index in [2.05, 4.69) is 0 Å². The van der Waals surface area contributed by atoms with Gasteiger partial charge in [-0.15, -0.1) is 0 Å². The summed E-state index contributed by atoms with van der Waals surface area (Å²) >= 11 is 0. The van der Waals surface area contributed by atoms with E-state index in [4.69, 9.17) is 19.7 Å². The van der Waals surface area contributed by atoms with Crippen molar-refractivity contribution in [2.24, 2.45) is 0 Å². The molecule has 1 saturated heterocycles. The molecule has 0 aromatic rings. The Bertz CT molecular complexity index is 331. The number of aliphatic hydroxyl groups is 1. The van der Waals surface area contributed by atoms with E-state index in [1.165, 1.54) is 6.92 Å². The highest BCUT2D eigenvalue weighted by Crippen LogP contribution is 2.25. The predicted molar refractivity (Wildman–Crippen MR) is 54.9 cm³/mol. The Hall–Kier alpha value is -1.25. The van der Waals surface area contributed by atoms with Gasteiger partial charge in [-0.25, -0.2) is 14.0 Å². The van der Waals surface area contributed by atoms with Crippen LogP contribution in [-0.2, 0) is 19.1 Å². The molecule has 1 heterocycles. The van der Waals surface area contributed by atoms with Gasteiger partial charge in [0.15, 0.2) is 6.17 Å². The number of carboxylic acids is 2. The lowest BCUT2D eigenvalue weighted by Gasteiger charge is -2.23. The molecule has 1 aliphatic heterocycles. The quantitative estimate of drug-likeness (QED) is 0.570. The van der Waals surface area contributed by atoms with Crippen molar-refractivity contribution in [2.75, 3.05) is 6.61 Å². The fourth-order valence-electron chi connectivity index (χ4n) is 1.52. The van der Waals surface area contributed by atoms with Crippen LogP contribution in [0.5, 0.6) is 0 Å². The number of alkyl halides is 1. The molecule has 0 aromatic heterocycles. The summed E-state index contributed by atoms with van der Waals surface area (Å²) in [6.45, 7) is 1.73. The number of hydrogen-bond donors (Lipinski definition) is 3. The minimum atomic E-state index is -2.46. The van der Waals surface area contributed by atoms with Crippen LogP contribution in [0.3, 0.4) is 0 Å². The Morgan fingerprint density at radius 3 is 2.22 bits per heavy atom. The molecule has 0 bridgehead atoms. The molecule has 8 heteroatoms. The van der Waals surface area contributed by atoms with E-state index in [-0.39, 0.29) is 0 Å². The first-order valence-corrected chi connectivity index (χ1v) is 5.28. The van der Waals surface area contributed by atoms with Crippen molar-refractivity contribution < 1.29 is 38.8 Å². The average Bonchev–Trinajstić information content (AvgIpc) is 2.53. The van der Waals surface area contributed by atoms with Gasteiger partial charge in [-0.2, -0.15) is 0 Å². The zero-order valence-corrected chi connectivity index (χ0v) is 9.87. The van der Waals surface area contributed by atoms with Crippen LogP contribution in [-0.4, -0.2) is 63.9 Å². The van der Waals surface area contributed by atoms with Gasteiger partial charge in [-0.3, -0.25) is 0 Å². The van der Waals surface area contributed by atoms with Gasteiger partial charge in [-0.1, -0.05) is 0 Å². The first-order valence-electron chi connectivity index (χ1n) is 5.28. The average molecular weight is 266 g/mol. The first kappa shape index (κ1) is 14.8.